The van der Waals surface area contributed by atoms with Crippen molar-refractivity contribution >= 4 is 5.78 Å². The number of hydrogen-bond acceptors (Lipinski definition) is 3. The highest BCUT2D eigenvalue weighted by molar-refractivity contribution is 5.79. The van der Waals surface area contributed by atoms with Crippen LogP contribution >= 0.6 is 0 Å². The third-order valence-electron chi connectivity index (χ3n) is 2.53. The SMILES string of the molecule is CC(=O)C1COc2cc(O)ccc2C1. The summed E-state index contributed by atoms with van der Waals surface area (Å²) in [7, 11) is 0. The zero-order chi connectivity index (χ0) is 10.1. The highest BCUT2D eigenvalue weighted by Gasteiger charge is 2.23. The predicted molar refractivity (Wildman–Crippen MR) is 51.5 cm³/mol. The molecule has 1 aromatic rings. The maximum atomic E-state index is 11.1. The number of carbonyl (C=O) groups excluding carboxylic acids is 1. The van der Waals surface area contributed by atoms with E-state index in [1.165, 1.54) is 0 Å². The van der Waals surface area contributed by atoms with Crippen molar-refractivity contribution in [3.8, 4) is 11.5 Å². The van der Waals surface area contributed by atoms with Crippen LogP contribution in [0.2, 0.25) is 0 Å². The number of carbonyl (C=O) groups is 1. The second kappa shape index (κ2) is 3.33. The Kier molecular flexibility index (Phi) is 2.15. The summed E-state index contributed by atoms with van der Waals surface area (Å²) < 4.78 is 5.40. The molecule has 74 valence electrons. The van der Waals surface area contributed by atoms with E-state index in [4.69, 9.17) is 4.74 Å². The second-order valence-corrected chi connectivity index (χ2v) is 3.61. The fourth-order valence-corrected chi connectivity index (χ4v) is 1.62. The van der Waals surface area contributed by atoms with Gasteiger partial charge in [-0.15, -0.1) is 0 Å². The van der Waals surface area contributed by atoms with Crippen molar-refractivity contribution in [1.82, 2.24) is 0 Å². The number of ketones is 1. The maximum absolute atomic E-state index is 11.1. The molecule has 0 amide bonds. The maximum Gasteiger partial charge on any atom is 0.136 e. The Hall–Kier alpha value is -1.51. The Labute approximate surface area is 82.3 Å². The van der Waals surface area contributed by atoms with Gasteiger partial charge in [-0.3, -0.25) is 4.79 Å². The van der Waals surface area contributed by atoms with E-state index < -0.39 is 0 Å². The average molecular weight is 192 g/mol. The predicted octanol–water partition coefficient (Wildman–Crippen LogP) is 1.53. The van der Waals surface area contributed by atoms with E-state index in [-0.39, 0.29) is 17.5 Å². The number of aromatic hydroxyl groups is 1. The van der Waals surface area contributed by atoms with Crippen LogP contribution in [0.4, 0.5) is 0 Å². The standard InChI is InChI=1S/C11H12O3/c1-7(12)9-4-8-2-3-10(13)5-11(8)14-6-9/h2-3,5,9,13H,4,6H2,1H3. The average Bonchev–Trinajstić information content (AvgIpc) is 2.16. The molecular formula is C11H12O3. The molecule has 0 saturated heterocycles. The summed E-state index contributed by atoms with van der Waals surface area (Å²) in [4.78, 5) is 11.1. The molecule has 1 heterocycles. The van der Waals surface area contributed by atoms with Crippen molar-refractivity contribution in [3.63, 3.8) is 0 Å². The summed E-state index contributed by atoms with van der Waals surface area (Å²) in [6, 6.07) is 5.01. The van der Waals surface area contributed by atoms with Gasteiger partial charge in [0.2, 0.25) is 0 Å². The molecule has 1 N–H and O–H groups in total. The van der Waals surface area contributed by atoms with Crippen molar-refractivity contribution in [2.45, 2.75) is 13.3 Å². The van der Waals surface area contributed by atoms with Crippen LogP contribution in [-0.4, -0.2) is 17.5 Å². The summed E-state index contributed by atoms with van der Waals surface area (Å²) in [5, 5.41) is 9.22. The number of fused-ring (bicyclic) bond motifs is 1. The molecule has 0 aromatic heterocycles. The first-order chi connectivity index (χ1) is 6.66. The molecule has 0 spiro atoms. The van der Waals surface area contributed by atoms with Crippen LogP contribution in [0.3, 0.4) is 0 Å². The van der Waals surface area contributed by atoms with E-state index in [1.54, 1.807) is 25.1 Å². The number of Topliss-reactive ketones (excluding diaryl/α,β-unsaturated/α-hetero) is 1. The van der Waals surface area contributed by atoms with E-state index in [2.05, 4.69) is 0 Å². The van der Waals surface area contributed by atoms with Crippen molar-refractivity contribution in [3.05, 3.63) is 23.8 Å². The lowest BCUT2D eigenvalue weighted by Gasteiger charge is -2.23. The Morgan fingerprint density at radius 1 is 1.57 bits per heavy atom. The summed E-state index contributed by atoms with van der Waals surface area (Å²) in [6.07, 6.45) is 0.713. The molecular weight excluding hydrogens is 180 g/mol. The molecule has 1 aromatic carbocycles. The highest BCUT2D eigenvalue weighted by Crippen LogP contribution is 2.30. The van der Waals surface area contributed by atoms with Gasteiger partial charge in [0.05, 0.1) is 12.5 Å². The van der Waals surface area contributed by atoms with Gasteiger partial charge in [0.15, 0.2) is 0 Å². The minimum absolute atomic E-state index is 0.0351. The topological polar surface area (TPSA) is 46.5 Å². The van der Waals surface area contributed by atoms with Gasteiger partial charge >= 0.3 is 0 Å². The molecule has 14 heavy (non-hydrogen) atoms. The molecule has 3 heteroatoms. The van der Waals surface area contributed by atoms with E-state index in [1.807, 2.05) is 0 Å². The molecule has 2 rings (SSSR count). The van der Waals surface area contributed by atoms with Gasteiger partial charge in [-0.2, -0.15) is 0 Å². The minimum Gasteiger partial charge on any atom is -0.508 e. The Balaban J connectivity index is 2.27. The summed E-state index contributed by atoms with van der Waals surface area (Å²) >= 11 is 0. The van der Waals surface area contributed by atoms with Crippen LogP contribution in [0.5, 0.6) is 11.5 Å². The van der Waals surface area contributed by atoms with Crippen LogP contribution < -0.4 is 4.74 Å². The lowest BCUT2D eigenvalue weighted by atomic mass is 9.94. The summed E-state index contributed by atoms with van der Waals surface area (Å²) in [6.45, 7) is 2.01. The largest absolute Gasteiger partial charge is 0.508 e. The molecule has 1 aliphatic rings. The third kappa shape index (κ3) is 1.58. The number of rotatable bonds is 1. The fourth-order valence-electron chi connectivity index (χ4n) is 1.62. The van der Waals surface area contributed by atoms with Gasteiger partial charge in [-0.25, -0.2) is 0 Å². The number of phenolic OH excluding ortho intramolecular Hbond substituents is 1. The van der Waals surface area contributed by atoms with Crippen LogP contribution in [0.1, 0.15) is 12.5 Å². The van der Waals surface area contributed by atoms with E-state index >= 15 is 0 Å². The number of benzene rings is 1. The van der Waals surface area contributed by atoms with Crippen molar-refractivity contribution < 1.29 is 14.6 Å². The van der Waals surface area contributed by atoms with Gasteiger partial charge in [-0.05, 0) is 25.0 Å². The lowest BCUT2D eigenvalue weighted by Crippen LogP contribution is -2.26. The van der Waals surface area contributed by atoms with Crippen molar-refractivity contribution in [1.29, 1.82) is 0 Å². The van der Waals surface area contributed by atoms with E-state index in [0.29, 0.717) is 18.8 Å². The number of hydrogen-bond donors (Lipinski definition) is 1. The first-order valence-electron chi connectivity index (χ1n) is 4.62. The smallest absolute Gasteiger partial charge is 0.136 e. The van der Waals surface area contributed by atoms with E-state index in [0.717, 1.165) is 5.56 Å². The molecule has 1 aliphatic heterocycles. The monoisotopic (exact) mass is 192 g/mol. The van der Waals surface area contributed by atoms with Crippen LogP contribution in [0, 0.1) is 5.92 Å². The van der Waals surface area contributed by atoms with Crippen LogP contribution in [0.25, 0.3) is 0 Å². The molecule has 3 nitrogen and oxygen atoms in total. The Bertz CT molecular complexity index is 371. The zero-order valence-corrected chi connectivity index (χ0v) is 7.99. The van der Waals surface area contributed by atoms with Gasteiger partial charge in [0, 0.05) is 6.07 Å². The molecule has 0 radical (unpaired) electrons. The van der Waals surface area contributed by atoms with Gasteiger partial charge in [0.25, 0.3) is 0 Å². The van der Waals surface area contributed by atoms with Crippen LogP contribution in [0.15, 0.2) is 18.2 Å². The number of phenols is 1. The van der Waals surface area contributed by atoms with E-state index in [9.17, 15) is 9.90 Å². The zero-order valence-electron chi connectivity index (χ0n) is 7.99. The van der Waals surface area contributed by atoms with Gasteiger partial charge in [-0.1, -0.05) is 6.07 Å². The minimum atomic E-state index is -0.0351. The Morgan fingerprint density at radius 2 is 2.36 bits per heavy atom. The lowest BCUT2D eigenvalue weighted by molar-refractivity contribution is -0.121. The fraction of sp³-hybridized carbons (Fsp3) is 0.364. The van der Waals surface area contributed by atoms with Gasteiger partial charge in [0.1, 0.15) is 17.3 Å². The summed E-state index contributed by atoms with van der Waals surface area (Å²) in [5.74, 6) is 1.02. The molecule has 0 saturated carbocycles. The summed E-state index contributed by atoms with van der Waals surface area (Å²) in [5.41, 5.74) is 0.995. The quantitative estimate of drug-likeness (QED) is 0.734. The second-order valence-electron chi connectivity index (χ2n) is 3.61. The molecule has 0 fully saturated rings. The normalized spacial score (nSPS) is 19.6. The highest BCUT2D eigenvalue weighted by atomic mass is 16.5. The van der Waals surface area contributed by atoms with Crippen molar-refractivity contribution in [2.24, 2.45) is 5.92 Å². The molecule has 1 atom stereocenters. The third-order valence-corrected chi connectivity index (χ3v) is 2.53. The molecule has 1 unspecified atom stereocenters. The first kappa shape index (κ1) is 9.06. The van der Waals surface area contributed by atoms with Crippen molar-refractivity contribution in [2.75, 3.05) is 6.61 Å². The van der Waals surface area contributed by atoms with Gasteiger partial charge < -0.3 is 9.84 Å². The van der Waals surface area contributed by atoms with Crippen LogP contribution in [-0.2, 0) is 11.2 Å². The first-order valence-corrected chi connectivity index (χ1v) is 4.62. The molecule has 0 aliphatic carbocycles. The number of ether oxygens (including phenoxy) is 1. The Morgan fingerprint density at radius 3 is 3.07 bits per heavy atom. The molecule has 0 bridgehead atoms.